The number of piperidine rings is 2. The first-order valence-electron chi connectivity index (χ1n) is 11.9. The highest BCUT2D eigenvalue weighted by atomic mass is 16.5. The molecule has 3 rings (SSSR count). The zero-order valence-electron chi connectivity index (χ0n) is 19.5. The van der Waals surface area contributed by atoms with Crippen molar-refractivity contribution in [1.82, 2.24) is 25.6 Å². The third-order valence-electron chi connectivity index (χ3n) is 7.16. The second-order valence-corrected chi connectivity index (χ2v) is 9.09. The molecular weight excluding hydrogens is 376 g/mol. The fourth-order valence-corrected chi connectivity index (χ4v) is 4.96. The summed E-state index contributed by atoms with van der Waals surface area (Å²) in [7, 11) is 4.08. The molecule has 7 heteroatoms. The predicted molar refractivity (Wildman–Crippen MR) is 123 cm³/mol. The maximum absolute atomic E-state index is 5.56. The van der Waals surface area contributed by atoms with Gasteiger partial charge in [0.2, 0.25) is 0 Å². The predicted octanol–water partition coefficient (Wildman–Crippen LogP) is 3.19. The summed E-state index contributed by atoms with van der Waals surface area (Å²) in [6.45, 7) is 10.7. The average molecular weight is 419 g/mol. The van der Waals surface area contributed by atoms with E-state index >= 15 is 0 Å². The minimum atomic E-state index is 0.236. The van der Waals surface area contributed by atoms with Gasteiger partial charge in [-0.3, -0.25) is 9.89 Å². The first-order chi connectivity index (χ1) is 14.6. The van der Waals surface area contributed by atoms with Crippen molar-refractivity contribution >= 4 is 5.96 Å². The number of aromatic nitrogens is 1. The number of guanidine groups is 1. The Morgan fingerprint density at radius 1 is 1.13 bits per heavy atom. The maximum atomic E-state index is 5.56. The van der Waals surface area contributed by atoms with Crippen molar-refractivity contribution in [3.8, 4) is 0 Å². The van der Waals surface area contributed by atoms with Crippen LogP contribution in [0.15, 0.2) is 15.6 Å². The van der Waals surface area contributed by atoms with Gasteiger partial charge in [-0.05, 0) is 71.8 Å². The van der Waals surface area contributed by atoms with E-state index in [2.05, 4.69) is 57.5 Å². The lowest BCUT2D eigenvalue weighted by Crippen LogP contribution is -2.62. The minimum absolute atomic E-state index is 0.236. The standard InChI is InChI=1S/C23H42N6O/c1-5-19(6-2)21-16-20(30-27-21)17-25-22(24-3)26-18-23(10-14-28(4)15-11-23)29-12-8-7-9-13-29/h16,19H,5-15,17-18H2,1-4H3,(H2,24,25,26). The topological polar surface area (TPSA) is 68.9 Å². The van der Waals surface area contributed by atoms with Crippen LogP contribution in [0, 0.1) is 0 Å². The number of rotatable bonds is 8. The number of hydrogen-bond donors (Lipinski definition) is 2. The van der Waals surface area contributed by atoms with Gasteiger partial charge in [0.25, 0.3) is 0 Å². The molecule has 170 valence electrons. The molecule has 1 aromatic heterocycles. The van der Waals surface area contributed by atoms with Crippen LogP contribution in [0.1, 0.15) is 76.2 Å². The van der Waals surface area contributed by atoms with Crippen LogP contribution in [0.4, 0.5) is 0 Å². The van der Waals surface area contributed by atoms with Crippen molar-refractivity contribution < 1.29 is 4.52 Å². The van der Waals surface area contributed by atoms with Gasteiger partial charge >= 0.3 is 0 Å². The molecule has 0 saturated carbocycles. The van der Waals surface area contributed by atoms with Crippen LogP contribution in [-0.2, 0) is 6.54 Å². The normalized spacial score (nSPS) is 21.2. The van der Waals surface area contributed by atoms with E-state index in [1.807, 2.05) is 7.05 Å². The van der Waals surface area contributed by atoms with Gasteiger partial charge < -0.3 is 20.1 Å². The Bertz CT molecular complexity index is 654. The molecule has 1 aromatic rings. The molecule has 2 aliphatic heterocycles. The van der Waals surface area contributed by atoms with E-state index in [1.54, 1.807) is 0 Å². The molecule has 2 saturated heterocycles. The van der Waals surface area contributed by atoms with E-state index < -0.39 is 0 Å². The van der Waals surface area contributed by atoms with Gasteiger partial charge in [-0.25, -0.2) is 0 Å². The van der Waals surface area contributed by atoms with Crippen LogP contribution in [0.25, 0.3) is 0 Å². The molecule has 2 N–H and O–H groups in total. The zero-order chi connectivity index (χ0) is 21.4. The van der Waals surface area contributed by atoms with Crippen molar-refractivity contribution in [2.45, 2.75) is 76.8 Å². The highest BCUT2D eigenvalue weighted by Crippen LogP contribution is 2.31. The Labute approximate surface area is 182 Å². The first-order valence-corrected chi connectivity index (χ1v) is 11.9. The number of nitrogens with one attached hydrogen (secondary N) is 2. The van der Waals surface area contributed by atoms with Gasteiger partial charge in [-0.1, -0.05) is 25.4 Å². The first kappa shape index (κ1) is 23.1. The highest BCUT2D eigenvalue weighted by Gasteiger charge is 2.39. The van der Waals surface area contributed by atoms with E-state index in [0.29, 0.717) is 12.5 Å². The minimum Gasteiger partial charge on any atom is -0.359 e. The number of nitrogens with zero attached hydrogens (tertiary/aromatic N) is 4. The van der Waals surface area contributed by atoms with Gasteiger partial charge in [0.15, 0.2) is 11.7 Å². The van der Waals surface area contributed by atoms with Gasteiger partial charge in [0.1, 0.15) is 0 Å². The SMILES string of the molecule is CCC(CC)c1cc(CNC(=NC)NCC2(N3CCCCC3)CCN(C)CC2)on1. The van der Waals surface area contributed by atoms with Gasteiger partial charge in [0, 0.05) is 31.1 Å². The fraction of sp³-hybridized carbons (Fsp3) is 0.826. The second kappa shape index (κ2) is 11.1. The molecular formula is C23H42N6O. The third kappa shape index (κ3) is 5.76. The van der Waals surface area contributed by atoms with Crippen molar-refractivity contribution in [2.75, 3.05) is 46.8 Å². The quantitative estimate of drug-likeness (QED) is 0.499. The molecule has 0 unspecified atom stereocenters. The molecule has 30 heavy (non-hydrogen) atoms. The van der Waals surface area contributed by atoms with Crippen LogP contribution in [0.2, 0.25) is 0 Å². The fourth-order valence-electron chi connectivity index (χ4n) is 4.96. The average Bonchev–Trinajstić information content (AvgIpc) is 3.25. The maximum Gasteiger partial charge on any atom is 0.191 e. The van der Waals surface area contributed by atoms with E-state index in [9.17, 15) is 0 Å². The summed E-state index contributed by atoms with van der Waals surface area (Å²) in [5.41, 5.74) is 1.30. The Hall–Kier alpha value is -1.60. The largest absolute Gasteiger partial charge is 0.359 e. The summed E-state index contributed by atoms with van der Waals surface area (Å²) < 4.78 is 5.56. The molecule has 7 nitrogen and oxygen atoms in total. The van der Waals surface area contributed by atoms with E-state index in [1.165, 1.54) is 58.3 Å². The molecule has 0 aliphatic carbocycles. The smallest absolute Gasteiger partial charge is 0.191 e. The molecule has 0 atom stereocenters. The molecule has 0 bridgehead atoms. The lowest BCUT2D eigenvalue weighted by Gasteiger charge is -2.50. The van der Waals surface area contributed by atoms with E-state index in [-0.39, 0.29) is 5.54 Å². The van der Waals surface area contributed by atoms with Crippen LogP contribution in [-0.4, -0.2) is 73.3 Å². The Morgan fingerprint density at radius 2 is 1.83 bits per heavy atom. The van der Waals surface area contributed by atoms with Gasteiger partial charge in [-0.15, -0.1) is 0 Å². The zero-order valence-corrected chi connectivity index (χ0v) is 19.5. The van der Waals surface area contributed by atoms with Crippen LogP contribution < -0.4 is 10.6 Å². The summed E-state index contributed by atoms with van der Waals surface area (Å²) in [6, 6.07) is 2.09. The second-order valence-electron chi connectivity index (χ2n) is 9.09. The van der Waals surface area contributed by atoms with Crippen molar-refractivity contribution in [3.05, 3.63) is 17.5 Å². The number of aliphatic imine (C=N–C) groups is 1. The summed E-state index contributed by atoms with van der Waals surface area (Å²) in [5, 5.41) is 11.3. The molecule has 0 amide bonds. The van der Waals surface area contributed by atoms with Crippen LogP contribution in [0.3, 0.4) is 0 Å². The number of hydrogen-bond acceptors (Lipinski definition) is 5. The van der Waals surface area contributed by atoms with E-state index in [4.69, 9.17) is 4.52 Å². The Morgan fingerprint density at radius 3 is 2.47 bits per heavy atom. The van der Waals surface area contributed by atoms with Crippen molar-refractivity contribution in [1.29, 1.82) is 0 Å². The summed E-state index contributed by atoms with van der Waals surface area (Å²) in [4.78, 5) is 9.66. The van der Waals surface area contributed by atoms with Crippen molar-refractivity contribution in [2.24, 2.45) is 4.99 Å². The van der Waals surface area contributed by atoms with Crippen molar-refractivity contribution in [3.63, 3.8) is 0 Å². The Kier molecular flexibility index (Phi) is 8.57. The summed E-state index contributed by atoms with van der Waals surface area (Å²) >= 11 is 0. The molecule has 0 radical (unpaired) electrons. The molecule has 0 aromatic carbocycles. The molecule has 3 heterocycles. The number of likely N-dealkylation sites (tertiary alicyclic amines) is 2. The van der Waals surface area contributed by atoms with Gasteiger partial charge in [0.05, 0.1) is 12.2 Å². The lowest BCUT2D eigenvalue weighted by atomic mass is 9.84. The molecule has 2 fully saturated rings. The third-order valence-corrected chi connectivity index (χ3v) is 7.16. The molecule has 0 spiro atoms. The monoisotopic (exact) mass is 418 g/mol. The highest BCUT2D eigenvalue weighted by molar-refractivity contribution is 5.79. The molecule has 2 aliphatic rings. The van der Waals surface area contributed by atoms with E-state index in [0.717, 1.165) is 36.8 Å². The lowest BCUT2D eigenvalue weighted by molar-refractivity contribution is 0.0173. The van der Waals surface area contributed by atoms with Gasteiger partial charge in [-0.2, -0.15) is 0 Å². The van der Waals surface area contributed by atoms with Crippen LogP contribution in [0.5, 0.6) is 0 Å². The van der Waals surface area contributed by atoms with Crippen LogP contribution >= 0.6 is 0 Å². The Balaban J connectivity index is 1.56. The summed E-state index contributed by atoms with van der Waals surface area (Å²) in [6.07, 6.45) is 8.64. The summed E-state index contributed by atoms with van der Waals surface area (Å²) in [5.74, 6) is 2.18.